The number of carbonyl (C=O) groups is 1. The number of fused-ring (bicyclic) bond motifs is 3. The molecule has 2 aromatic heterocycles. The SMILES string of the molecule is Cc1ccc(Nc2c(C#N)c3c(c4nnc(SCC(=O)Nc5ccccc5C)n24)COC(C)(C)C3)cc1. The first-order valence-corrected chi connectivity index (χ1v) is 13.0. The highest BCUT2D eigenvalue weighted by Gasteiger charge is 2.33. The van der Waals surface area contributed by atoms with Gasteiger partial charge in [0.05, 0.1) is 23.5 Å². The fourth-order valence-corrected chi connectivity index (χ4v) is 5.17. The Morgan fingerprint density at radius 1 is 1.14 bits per heavy atom. The van der Waals surface area contributed by atoms with E-state index in [4.69, 9.17) is 4.74 Å². The number of aryl methyl sites for hydroxylation is 2. The van der Waals surface area contributed by atoms with Crippen molar-refractivity contribution in [3.05, 3.63) is 76.3 Å². The Labute approximate surface area is 220 Å². The van der Waals surface area contributed by atoms with Gasteiger partial charge in [-0.05, 0) is 57.0 Å². The van der Waals surface area contributed by atoms with Crippen molar-refractivity contribution in [3.8, 4) is 6.07 Å². The molecule has 1 aliphatic rings. The highest BCUT2D eigenvalue weighted by molar-refractivity contribution is 7.99. The van der Waals surface area contributed by atoms with Crippen LogP contribution >= 0.6 is 11.8 Å². The number of hydrogen-bond acceptors (Lipinski definition) is 7. The topological polar surface area (TPSA) is 104 Å². The smallest absolute Gasteiger partial charge is 0.234 e. The fourth-order valence-electron chi connectivity index (χ4n) is 4.43. The third-order valence-corrected chi connectivity index (χ3v) is 7.35. The minimum Gasteiger partial charge on any atom is -0.370 e. The summed E-state index contributed by atoms with van der Waals surface area (Å²) in [6.45, 7) is 8.36. The number of carbonyl (C=O) groups excluding carboxylic acids is 1. The Hall–Kier alpha value is -3.87. The molecule has 0 fully saturated rings. The number of rotatable bonds is 6. The van der Waals surface area contributed by atoms with Crippen molar-refractivity contribution in [2.75, 3.05) is 16.4 Å². The van der Waals surface area contributed by atoms with E-state index in [2.05, 4.69) is 26.9 Å². The maximum Gasteiger partial charge on any atom is 0.234 e. The molecule has 0 bridgehead atoms. The molecule has 0 saturated carbocycles. The number of benzene rings is 2. The molecule has 3 heterocycles. The number of para-hydroxylation sites is 1. The van der Waals surface area contributed by atoms with Gasteiger partial charge in [0.2, 0.25) is 5.91 Å². The average molecular weight is 513 g/mol. The van der Waals surface area contributed by atoms with Crippen LogP contribution in [0.2, 0.25) is 0 Å². The van der Waals surface area contributed by atoms with Gasteiger partial charge in [-0.15, -0.1) is 10.2 Å². The molecule has 0 unspecified atom stereocenters. The summed E-state index contributed by atoms with van der Waals surface area (Å²) in [6, 6.07) is 18.0. The van der Waals surface area contributed by atoms with E-state index in [1.165, 1.54) is 11.8 Å². The van der Waals surface area contributed by atoms with Gasteiger partial charge in [-0.25, -0.2) is 0 Å². The molecule has 4 aromatic rings. The number of nitriles is 1. The van der Waals surface area contributed by atoms with Crippen LogP contribution in [0, 0.1) is 25.2 Å². The molecule has 1 aliphatic heterocycles. The largest absolute Gasteiger partial charge is 0.370 e. The molecule has 1 amide bonds. The van der Waals surface area contributed by atoms with Crippen LogP contribution in [0.3, 0.4) is 0 Å². The fraction of sp³-hybridized carbons (Fsp3) is 0.286. The summed E-state index contributed by atoms with van der Waals surface area (Å²) in [6.07, 6.45) is 0.582. The summed E-state index contributed by atoms with van der Waals surface area (Å²) >= 11 is 1.27. The Balaban J connectivity index is 1.55. The number of anilines is 3. The molecular formula is C28H28N6O2S. The zero-order valence-electron chi connectivity index (χ0n) is 21.3. The maximum absolute atomic E-state index is 12.8. The molecule has 37 heavy (non-hydrogen) atoms. The van der Waals surface area contributed by atoms with Crippen LogP contribution in [0.4, 0.5) is 17.2 Å². The van der Waals surface area contributed by atoms with E-state index in [9.17, 15) is 10.1 Å². The number of amides is 1. The Morgan fingerprint density at radius 3 is 2.62 bits per heavy atom. The first-order valence-electron chi connectivity index (χ1n) is 12.0. The number of pyridine rings is 1. The second-order valence-electron chi connectivity index (χ2n) is 9.80. The van der Waals surface area contributed by atoms with Gasteiger partial charge in [-0.3, -0.25) is 9.20 Å². The number of nitrogens with one attached hydrogen (secondary N) is 2. The van der Waals surface area contributed by atoms with E-state index in [0.29, 0.717) is 35.2 Å². The molecule has 0 radical (unpaired) electrons. The third kappa shape index (κ3) is 5.03. The number of nitrogens with zero attached hydrogens (tertiary/aromatic N) is 4. The van der Waals surface area contributed by atoms with E-state index in [1.807, 2.05) is 80.6 Å². The van der Waals surface area contributed by atoms with Crippen molar-refractivity contribution in [2.24, 2.45) is 0 Å². The molecule has 188 valence electrons. The summed E-state index contributed by atoms with van der Waals surface area (Å²) in [5.74, 6) is 0.582. The van der Waals surface area contributed by atoms with Crippen LogP contribution in [-0.2, 0) is 22.6 Å². The zero-order chi connectivity index (χ0) is 26.2. The molecule has 8 nitrogen and oxygen atoms in total. The van der Waals surface area contributed by atoms with Crippen molar-refractivity contribution >= 4 is 40.5 Å². The summed E-state index contributed by atoms with van der Waals surface area (Å²) in [5.41, 5.74) is 6.29. The summed E-state index contributed by atoms with van der Waals surface area (Å²) < 4.78 is 7.91. The van der Waals surface area contributed by atoms with Crippen molar-refractivity contribution in [1.82, 2.24) is 14.6 Å². The van der Waals surface area contributed by atoms with Crippen molar-refractivity contribution in [1.29, 1.82) is 5.26 Å². The van der Waals surface area contributed by atoms with Crippen LogP contribution < -0.4 is 10.6 Å². The van der Waals surface area contributed by atoms with Gasteiger partial charge in [-0.1, -0.05) is 47.7 Å². The summed E-state index contributed by atoms with van der Waals surface area (Å²) in [5, 5.41) is 26.1. The molecule has 9 heteroatoms. The van der Waals surface area contributed by atoms with Gasteiger partial charge >= 0.3 is 0 Å². The lowest BCUT2D eigenvalue weighted by atomic mass is 9.89. The van der Waals surface area contributed by atoms with Crippen LogP contribution in [-0.4, -0.2) is 31.9 Å². The van der Waals surface area contributed by atoms with E-state index in [-0.39, 0.29) is 11.7 Å². The standard InChI is InChI=1S/C28H28N6O2S/c1-17-9-11-19(12-10-17)30-25-21(14-29)20-13-28(3,4)36-15-22(20)26-32-33-27(34(25)26)37-16-24(35)31-23-8-6-5-7-18(23)2/h5-12,30H,13,15-16H2,1-4H3,(H,31,35). The van der Waals surface area contributed by atoms with Crippen LogP contribution in [0.1, 0.15) is 41.7 Å². The third-order valence-electron chi connectivity index (χ3n) is 6.42. The van der Waals surface area contributed by atoms with E-state index in [0.717, 1.165) is 33.6 Å². The molecule has 0 spiro atoms. The Bertz CT molecular complexity index is 1540. The van der Waals surface area contributed by atoms with Crippen LogP contribution in [0.15, 0.2) is 53.7 Å². The van der Waals surface area contributed by atoms with Crippen molar-refractivity contribution in [2.45, 2.75) is 51.5 Å². The highest BCUT2D eigenvalue weighted by Crippen LogP contribution is 2.38. The number of ether oxygens (including phenoxy) is 1. The van der Waals surface area contributed by atoms with Gasteiger partial charge in [0.15, 0.2) is 10.8 Å². The predicted octanol–water partition coefficient (Wildman–Crippen LogP) is 5.54. The van der Waals surface area contributed by atoms with Crippen molar-refractivity contribution < 1.29 is 9.53 Å². The summed E-state index contributed by atoms with van der Waals surface area (Å²) in [4.78, 5) is 12.8. The second kappa shape index (κ2) is 9.88. The van der Waals surface area contributed by atoms with Crippen LogP contribution in [0.5, 0.6) is 0 Å². The molecule has 5 rings (SSSR count). The first-order chi connectivity index (χ1) is 17.8. The quantitative estimate of drug-likeness (QED) is 0.327. The first kappa shape index (κ1) is 24.8. The normalized spacial score (nSPS) is 14.1. The molecule has 0 atom stereocenters. The maximum atomic E-state index is 12.8. The lowest BCUT2D eigenvalue weighted by Gasteiger charge is -2.33. The minimum absolute atomic E-state index is 0.140. The van der Waals surface area contributed by atoms with Gasteiger partial charge in [0, 0.05) is 23.4 Å². The van der Waals surface area contributed by atoms with E-state index >= 15 is 0 Å². The highest BCUT2D eigenvalue weighted by atomic mass is 32.2. The van der Waals surface area contributed by atoms with Gasteiger partial charge in [0.25, 0.3) is 0 Å². The molecular weight excluding hydrogens is 484 g/mol. The van der Waals surface area contributed by atoms with Crippen LogP contribution in [0.25, 0.3) is 5.65 Å². The monoisotopic (exact) mass is 512 g/mol. The van der Waals surface area contributed by atoms with E-state index in [1.54, 1.807) is 0 Å². The van der Waals surface area contributed by atoms with Gasteiger partial charge in [-0.2, -0.15) is 5.26 Å². The van der Waals surface area contributed by atoms with Crippen molar-refractivity contribution in [3.63, 3.8) is 0 Å². The van der Waals surface area contributed by atoms with Gasteiger partial charge < -0.3 is 15.4 Å². The second-order valence-corrected chi connectivity index (χ2v) is 10.7. The lowest BCUT2D eigenvalue weighted by Crippen LogP contribution is -2.33. The molecule has 2 N–H and O–H groups in total. The molecule has 0 saturated heterocycles. The van der Waals surface area contributed by atoms with E-state index < -0.39 is 5.60 Å². The molecule has 0 aliphatic carbocycles. The molecule has 2 aromatic carbocycles. The van der Waals surface area contributed by atoms with Gasteiger partial charge in [0.1, 0.15) is 11.9 Å². The minimum atomic E-state index is -0.399. The number of hydrogen-bond donors (Lipinski definition) is 2. The number of thioether (sulfide) groups is 1. The summed E-state index contributed by atoms with van der Waals surface area (Å²) in [7, 11) is 0. The Kier molecular flexibility index (Phi) is 6.63. The zero-order valence-corrected chi connectivity index (χ0v) is 22.1. The Morgan fingerprint density at radius 2 is 1.89 bits per heavy atom. The predicted molar refractivity (Wildman–Crippen MR) is 145 cm³/mol. The number of aromatic nitrogens is 3. The average Bonchev–Trinajstić information content (AvgIpc) is 3.29. The lowest BCUT2D eigenvalue weighted by molar-refractivity contribution is -0.113.